The minimum absolute atomic E-state index is 0.00965. The Labute approximate surface area is 297 Å². The highest BCUT2D eigenvalue weighted by molar-refractivity contribution is 5.99. The van der Waals surface area contributed by atoms with Crippen LogP contribution in [0, 0.1) is 12.7 Å². The van der Waals surface area contributed by atoms with Crippen molar-refractivity contribution in [2.24, 2.45) is 0 Å². The molecular formula is C38H44FN9O3. The lowest BCUT2D eigenvalue weighted by Crippen LogP contribution is -2.53. The number of ketones is 1. The molecule has 2 saturated heterocycles. The van der Waals surface area contributed by atoms with E-state index in [0.29, 0.717) is 57.6 Å². The van der Waals surface area contributed by atoms with Gasteiger partial charge in [-0.2, -0.15) is 4.98 Å². The van der Waals surface area contributed by atoms with Gasteiger partial charge in [-0.3, -0.25) is 28.8 Å². The second kappa shape index (κ2) is 13.8. The quantitative estimate of drug-likeness (QED) is 0.250. The van der Waals surface area contributed by atoms with Crippen LogP contribution in [0.4, 0.5) is 21.8 Å². The number of nitrogens with one attached hydrogen (secondary N) is 2. The van der Waals surface area contributed by atoms with E-state index in [9.17, 15) is 14.4 Å². The molecule has 3 fully saturated rings. The van der Waals surface area contributed by atoms with Crippen molar-refractivity contribution in [3.8, 4) is 0 Å². The van der Waals surface area contributed by atoms with Crippen LogP contribution in [0.15, 0.2) is 41.5 Å². The molecule has 4 aliphatic rings. The Bertz CT molecular complexity index is 2090. The van der Waals surface area contributed by atoms with Crippen LogP contribution in [-0.2, 0) is 13.1 Å². The number of fused-ring (bicyclic) bond motifs is 2. The van der Waals surface area contributed by atoms with Crippen molar-refractivity contribution in [2.75, 3.05) is 49.5 Å². The number of nitrogens with zero attached hydrogens (tertiary/aromatic N) is 7. The molecule has 4 aromatic rings. The predicted octanol–water partition coefficient (Wildman–Crippen LogP) is 4.73. The minimum Gasteiger partial charge on any atom is -0.368 e. The van der Waals surface area contributed by atoms with Gasteiger partial charge in [-0.1, -0.05) is 18.9 Å². The van der Waals surface area contributed by atoms with Gasteiger partial charge in [0.05, 0.1) is 17.4 Å². The summed E-state index contributed by atoms with van der Waals surface area (Å²) in [5.41, 5.74) is 3.41. The summed E-state index contributed by atoms with van der Waals surface area (Å²) in [4.78, 5) is 59.2. The number of rotatable bonds is 8. The van der Waals surface area contributed by atoms with Crippen molar-refractivity contribution in [1.29, 1.82) is 0 Å². The highest BCUT2D eigenvalue weighted by Crippen LogP contribution is 2.32. The van der Waals surface area contributed by atoms with Crippen molar-refractivity contribution >= 4 is 40.2 Å². The zero-order valence-electron chi connectivity index (χ0n) is 30.2. The summed E-state index contributed by atoms with van der Waals surface area (Å²) >= 11 is 0. The smallest absolute Gasteiger partial charge is 0.263 e. The fraction of sp³-hybridized carbons (Fsp3) is 0.474. The van der Waals surface area contributed by atoms with Crippen molar-refractivity contribution in [3.63, 3.8) is 0 Å². The predicted molar refractivity (Wildman–Crippen MR) is 193 cm³/mol. The van der Waals surface area contributed by atoms with Crippen LogP contribution >= 0.6 is 0 Å². The van der Waals surface area contributed by atoms with Crippen LogP contribution in [0.2, 0.25) is 1.41 Å². The number of anilines is 3. The van der Waals surface area contributed by atoms with Crippen LogP contribution in [-0.4, -0.2) is 86.3 Å². The average Bonchev–Trinajstić information content (AvgIpc) is 3.78. The van der Waals surface area contributed by atoms with Gasteiger partial charge in [0.2, 0.25) is 5.95 Å². The molecule has 0 radical (unpaired) electrons. The maximum atomic E-state index is 15.2. The first-order chi connectivity index (χ1) is 25.2. The summed E-state index contributed by atoms with van der Waals surface area (Å²) in [5.74, 6) is -0.0645. The summed E-state index contributed by atoms with van der Waals surface area (Å²) in [6.07, 6.45) is 9.47. The Kier molecular flexibility index (Phi) is 8.68. The molecule has 0 atom stereocenters. The van der Waals surface area contributed by atoms with Gasteiger partial charge in [0, 0.05) is 79.6 Å². The second-order valence-corrected chi connectivity index (χ2v) is 14.3. The van der Waals surface area contributed by atoms with E-state index in [1.807, 2.05) is 12.3 Å². The number of hydrogen-bond acceptors (Lipinski definition) is 10. The van der Waals surface area contributed by atoms with Gasteiger partial charge in [-0.25, -0.2) is 14.4 Å². The fourth-order valence-electron chi connectivity index (χ4n) is 8.48. The van der Waals surface area contributed by atoms with Gasteiger partial charge in [0.15, 0.2) is 7.20 Å². The zero-order chi connectivity index (χ0) is 36.1. The number of halogens is 1. The van der Waals surface area contributed by atoms with E-state index in [-0.39, 0.29) is 35.3 Å². The monoisotopic (exact) mass is 694 g/mol. The van der Waals surface area contributed by atoms with Crippen LogP contribution in [0.25, 0.3) is 11.0 Å². The van der Waals surface area contributed by atoms with E-state index >= 15 is 4.39 Å². The summed E-state index contributed by atoms with van der Waals surface area (Å²) in [7, 11) is 0. The first kappa shape index (κ1) is 32.2. The van der Waals surface area contributed by atoms with E-state index in [2.05, 4.69) is 36.1 Å². The molecule has 13 heteroatoms. The van der Waals surface area contributed by atoms with Gasteiger partial charge < -0.3 is 15.5 Å². The maximum Gasteiger partial charge on any atom is 0.263 e. The Hall–Kier alpha value is -4.75. The number of piperazine rings is 1. The van der Waals surface area contributed by atoms with Crippen molar-refractivity contribution in [1.82, 2.24) is 34.6 Å². The molecule has 0 unspecified atom stereocenters. The van der Waals surface area contributed by atoms with Gasteiger partial charge in [-0.15, -0.1) is 0 Å². The molecule has 0 bridgehead atoms. The number of piperidine rings is 1. The van der Waals surface area contributed by atoms with Gasteiger partial charge in [-0.05, 0) is 76.4 Å². The standard InChI is InChI=1S/C38H44FN9O3/c1-23-30-20-42-38(44-35(30)48(27-5-3-4-6-27)37(51)33(23)24(2)49)43-32-10-8-28(19-40-32)47-17-15-46(16-18-47)26-11-13-45(14-12-26)22-25-7-9-29-31(34(25)39)21-41-36(29)50/h7-10,19-20,26-27H,3-6,11-18,21-22H2,1-2H3,(H,41,50)(H,40,42,43,44)/i/hD. The minimum atomic E-state index is -0.436. The number of carbonyl (C=O) groups excluding carboxylic acids is 2. The molecule has 1 aromatic carbocycles. The summed E-state index contributed by atoms with van der Waals surface area (Å²) in [6.45, 7) is 9.25. The molecule has 3 aromatic heterocycles. The normalized spacial score (nSPS) is 19.6. The molecule has 3 aliphatic heterocycles. The molecule has 6 heterocycles. The number of Topliss-reactive ketones (excluding diaryl/α,β-unsaturated/α-hetero) is 1. The molecule has 266 valence electrons. The number of benzene rings is 1. The van der Waals surface area contributed by atoms with Gasteiger partial charge in [0.25, 0.3) is 11.5 Å². The number of aryl methyl sites for hydroxylation is 1. The SMILES string of the molecule is [2H]N1Cc2c(ccc(CN3CCC(N4CCN(c5ccc(Nc6ncc7c(C)c(C(C)=O)c(=O)n(C8CCCC8)c7n6)nc5)CC4)CC3)c2F)C1=O. The third kappa shape index (κ3) is 6.37. The first-order valence-corrected chi connectivity index (χ1v) is 18.1. The lowest BCUT2D eigenvalue weighted by Gasteiger charge is -2.43. The summed E-state index contributed by atoms with van der Waals surface area (Å²) < 4.78 is 24.6. The number of amides is 1. The van der Waals surface area contributed by atoms with Crippen LogP contribution in [0.1, 0.15) is 88.9 Å². The molecule has 51 heavy (non-hydrogen) atoms. The van der Waals surface area contributed by atoms with E-state index < -0.39 is 5.91 Å². The van der Waals surface area contributed by atoms with E-state index in [0.717, 1.165) is 88.8 Å². The van der Waals surface area contributed by atoms with Crippen molar-refractivity contribution in [2.45, 2.75) is 77.5 Å². The van der Waals surface area contributed by atoms with Gasteiger partial charge >= 0.3 is 0 Å². The van der Waals surface area contributed by atoms with E-state index in [1.165, 1.54) is 6.92 Å². The highest BCUT2D eigenvalue weighted by atomic mass is 19.1. The third-order valence-electron chi connectivity index (χ3n) is 11.3. The number of aromatic nitrogens is 4. The number of carbonyl (C=O) groups is 2. The fourth-order valence-corrected chi connectivity index (χ4v) is 8.48. The Balaban J connectivity index is 0.866. The molecular weight excluding hydrogens is 649 g/mol. The molecule has 1 amide bonds. The first-order valence-electron chi connectivity index (χ1n) is 18.6. The lowest BCUT2D eigenvalue weighted by atomic mass is 10.00. The van der Waals surface area contributed by atoms with Crippen molar-refractivity contribution < 1.29 is 15.4 Å². The molecule has 1 aliphatic carbocycles. The summed E-state index contributed by atoms with van der Waals surface area (Å²) in [5, 5.41) is 4.75. The Morgan fingerprint density at radius 2 is 1.75 bits per heavy atom. The maximum absolute atomic E-state index is 15.2. The summed E-state index contributed by atoms with van der Waals surface area (Å²) in [6, 6.07) is 7.85. The Morgan fingerprint density at radius 1 is 0.980 bits per heavy atom. The van der Waals surface area contributed by atoms with E-state index in [4.69, 9.17) is 6.40 Å². The third-order valence-corrected chi connectivity index (χ3v) is 11.3. The average molecular weight is 695 g/mol. The largest absolute Gasteiger partial charge is 0.368 e. The zero-order valence-corrected chi connectivity index (χ0v) is 29.2. The van der Waals surface area contributed by atoms with Gasteiger partial charge in [0.1, 0.15) is 17.3 Å². The van der Waals surface area contributed by atoms with Crippen LogP contribution in [0.3, 0.4) is 0 Å². The highest BCUT2D eigenvalue weighted by Gasteiger charge is 2.30. The van der Waals surface area contributed by atoms with Crippen LogP contribution in [0.5, 0.6) is 0 Å². The molecule has 12 nitrogen and oxygen atoms in total. The topological polar surface area (TPSA) is 129 Å². The molecule has 0 spiro atoms. The molecule has 2 N–H and O–H groups in total. The Morgan fingerprint density at radius 3 is 2.45 bits per heavy atom. The van der Waals surface area contributed by atoms with Crippen LogP contribution < -0.4 is 21.1 Å². The lowest BCUT2D eigenvalue weighted by molar-refractivity contribution is 0.0964. The van der Waals surface area contributed by atoms with Crippen molar-refractivity contribution in [3.05, 3.63) is 80.6 Å². The number of hydrogen-bond donors (Lipinski definition) is 2. The number of pyridine rings is 2. The molecule has 1 saturated carbocycles. The van der Waals surface area contributed by atoms with E-state index in [1.54, 1.807) is 29.8 Å². The molecule has 8 rings (SSSR count). The second-order valence-electron chi connectivity index (χ2n) is 14.3. The number of likely N-dealkylation sites (tertiary alicyclic amines) is 1.